The van der Waals surface area contributed by atoms with E-state index < -0.39 is 4.92 Å². The summed E-state index contributed by atoms with van der Waals surface area (Å²) in [5.74, 6) is 0.758. The molecule has 170 valence electrons. The second-order valence-corrected chi connectivity index (χ2v) is 8.16. The number of methoxy groups -OCH3 is 1. The molecule has 2 atom stereocenters. The summed E-state index contributed by atoms with van der Waals surface area (Å²) in [5, 5.41) is 15.1. The summed E-state index contributed by atoms with van der Waals surface area (Å²) >= 11 is 5.79. The minimum atomic E-state index is -0.401. The largest absolute Gasteiger partial charge is 0.497 e. The first-order valence-electron chi connectivity index (χ1n) is 10.6. The average Bonchev–Trinajstić information content (AvgIpc) is 3.49. The summed E-state index contributed by atoms with van der Waals surface area (Å²) in [6, 6.07) is 23.6. The van der Waals surface area contributed by atoms with Gasteiger partial charge < -0.3 is 19.5 Å². The van der Waals surface area contributed by atoms with Crippen molar-refractivity contribution in [2.75, 3.05) is 12.0 Å². The van der Waals surface area contributed by atoms with Gasteiger partial charge in [-0.1, -0.05) is 6.07 Å². The summed E-state index contributed by atoms with van der Waals surface area (Å²) in [4.78, 5) is 17.4. The van der Waals surface area contributed by atoms with E-state index in [4.69, 9.17) is 17.0 Å². The molecule has 1 saturated heterocycles. The summed E-state index contributed by atoms with van der Waals surface area (Å²) in [5.41, 5.74) is 3.61. The van der Waals surface area contributed by atoms with Crippen LogP contribution < -0.4 is 15.0 Å². The Bertz CT molecular complexity index is 1320. The Balaban J connectivity index is 1.62. The second-order valence-electron chi connectivity index (χ2n) is 7.77. The third-order valence-corrected chi connectivity index (χ3v) is 6.19. The predicted octanol–water partition coefficient (Wildman–Crippen LogP) is 4.97. The quantitative estimate of drug-likeness (QED) is 0.241. The molecule has 0 bridgehead atoms. The Kier molecular flexibility index (Phi) is 5.69. The molecule has 0 aliphatic carbocycles. The van der Waals surface area contributed by atoms with Crippen molar-refractivity contribution in [2.24, 2.45) is 0 Å². The van der Waals surface area contributed by atoms with Gasteiger partial charge in [0.25, 0.3) is 5.69 Å². The maximum absolute atomic E-state index is 11.1. The van der Waals surface area contributed by atoms with Crippen molar-refractivity contribution in [3.63, 3.8) is 0 Å². The molecule has 1 fully saturated rings. The van der Waals surface area contributed by atoms with Crippen LogP contribution in [0.15, 0.2) is 91.3 Å². The molecule has 1 N–H and O–H groups in total. The van der Waals surface area contributed by atoms with Crippen molar-refractivity contribution < 1.29 is 9.66 Å². The van der Waals surface area contributed by atoms with E-state index in [1.54, 1.807) is 25.4 Å². The number of nitrogens with zero attached hydrogens (tertiary/aromatic N) is 4. The maximum atomic E-state index is 11.1. The first kappa shape index (κ1) is 21.6. The predicted molar refractivity (Wildman–Crippen MR) is 133 cm³/mol. The molecule has 1 aliphatic heterocycles. The Morgan fingerprint density at radius 2 is 1.74 bits per heavy atom. The number of thiocarbonyl (C=S) groups is 1. The number of benzene rings is 2. The van der Waals surface area contributed by atoms with Gasteiger partial charge in [0.05, 0.1) is 23.8 Å². The molecule has 2 unspecified atom stereocenters. The summed E-state index contributed by atoms with van der Waals surface area (Å²) in [6.45, 7) is 0. The van der Waals surface area contributed by atoms with Crippen LogP contribution in [-0.2, 0) is 0 Å². The molecule has 5 rings (SSSR count). The average molecular weight is 472 g/mol. The van der Waals surface area contributed by atoms with Gasteiger partial charge in [0, 0.05) is 41.6 Å². The van der Waals surface area contributed by atoms with Crippen LogP contribution in [0.25, 0.3) is 5.69 Å². The fraction of sp³-hybridized carbons (Fsp3) is 0.120. The number of aromatic nitrogens is 2. The Hall–Kier alpha value is -4.24. The number of nitro groups is 1. The van der Waals surface area contributed by atoms with E-state index in [9.17, 15) is 10.1 Å². The molecular formula is C25H21N5O3S. The van der Waals surface area contributed by atoms with Crippen molar-refractivity contribution in [1.82, 2.24) is 14.9 Å². The minimum absolute atomic E-state index is 0.0485. The topological polar surface area (TPSA) is 85.5 Å². The lowest BCUT2D eigenvalue weighted by Crippen LogP contribution is -2.30. The van der Waals surface area contributed by atoms with Crippen molar-refractivity contribution in [3.05, 3.63) is 113 Å². The minimum Gasteiger partial charge on any atom is -0.497 e. The highest BCUT2D eigenvalue weighted by molar-refractivity contribution is 7.80. The number of nitro benzene ring substituents is 1. The molecule has 8 nitrogen and oxygen atoms in total. The van der Waals surface area contributed by atoms with E-state index >= 15 is 0 Å². The molecule has 0 saturated carbocycles. The van der Waals surface area contributed by atoms with Crippen LogP contribution in [-0.4, -0.2) is 26.7 Å². The van der Waals surface area contributed by atoms with E-state index in [0.29, 0.717) is 5.11 Å². The first-order valence-corrected chi connectivity index (χ1v) is 11.0. The smallest absolute Gasteiger partial charge is 0.269 e. The SMILES string of the molecule is COc1ccc(N2C(=S)NC(c3ccccn3)C2c2cccn2-c2ccc([N+](=O)[O-])cc2)cc1. The number of hydrogen-bond acceptors (Lipinski definition) is 5. The van der Waals surface area contributed by atoms with E-state index in [1.807, 2.05) is 65.4 Å². The summed E-state index contributed by atoms with van der Waals surface area (Å²) < 4.78 is 7.35. The second kappa shape index (κ2) is 8.95. The molecule has 3 heterocycles. The normalized spacial score (nSPS) is 17.4. The highest BCUT2D eigenvalue weighted by Crippen LogP contribution is 2.42. The number of ether oxygens (including phenoxy) is 1. The zero-order chi connectivity index (χ0) is 23.7. The lowest BCUT2D eigenvalue weighted by atomic mass is 10.0. The Morgan fingerprint density at radius 1 is 1.00 bits per heavy atom. The standard InChI is InChI=1S/C25H21N5O3S/c1-33-20-13-11-18(12-14-20)29-24(23(27-25(29)34)21-5-2-3-15-26-21)22-6-4-16-28(22)17-7-9-19(10-8-17)30(31)32/h2-16,23-24H,1H3,(H,27,34). The monoisotopic (exact) mass is 471 g/mol. The molecule has 1 aliphatic rings. The van der Waals surface area contributed by atoms with E-state index in [0.717, 1.165) is 28.5 Å². The van der Waals surface area contributed by atoms with Crippen LogP contribution in [0.4, 0.5) is 11.4 Å². The highest BCUT2D eigenvalue weighted by Gasteiger charge is 2.42. The molecule has 4 aromatic rings. The summed E-state index contributed by atoms with van der Waals surface area (Å²) in [6.07, 6.45) is 3.71. The molecule has 0 spiro atoms. The number of nitrogens with one attached hydrogen (secondary N) is 1. The number of non-ortho nitro benzene ring substituents is 1. The van der Waals surface area contributed by atoms with E-state index in [1.165, 1.54) is 12.1 Å². The molecule has 2 aromatic heterocycles. The molecule has 9 heteroatoms. The van der Waals surface area contributed by atoms with Crippen molar-refractivity contribution in [3.8, 4) is 11.4 Å². The lowest BCUT2D eigenvalue weighted by Gasteiger charge is -2.29. The fourth-order valence-corrected chi connectivity index (χ4v) is 4.63. The van der Waals surface area contributed by atoms with E-state index in [2.05, 4.69) is 15.2 Å². The number of pyridine rings is 1. The number of anilines is 1. The van der Waals surface area contributed by atoms with Crippen LogP contribution in [0.1, 0.15) is 23.5 Å². The van der Waals surface area contributed by atoms with Crippen LogP contribution in [0, 0.1) is 10.1 Å². The zero-order valence-electron chi connectivity index (χ0n) is 18.2. The van der Waals surface area contributed by atoms with Gasteiger partial charge in [0.1, 0.15) is 11.8 Å². The number of rotatable bonds is 6. The van der Waals surface area contributed by atoms with Gasteiger partial charge >= 0.3 is 0 Å². The van der Waals surface area contributed by atoms with Gasteiger partial charge in [-0.15, -0.1) is 0 Å². The van der Waals surface area contributed by atoms with Gasteiger partial charge in [-0.2, -0.15) is 0 Å². The third kappa shape index (κ3) is 3.86. The van der Waals surface area contributed by atoms with Crippen LogP contribution in [0.2, 0.25) is 0 Å². The van der Waals surface area contributed by atoms with Gasteiger partial charge in [0.2, 0.25) is 0 Å². The molecule has 0 amide bonds. The molecular weight excluding hydrogens is 450 g/mol. The van der Waals surface area contributed by atoms with Gasteiger partial charge in [-0.25, -0.2) is 0 Å². The van der Waals surface area contributed by atoms with Gasteiger partial charge in [-0.3, -0.25) is 15.1 Å². The molecule has 34 heavy (non-hydrogen) atoms. The van der Waals surface area contributed by atoms with Crippen LogP contribution in [0.3, 0.4) is 0 Å². The molecule has 0 radical (unpaired) electrons. The van der Waals surface area contributed by atoms with Crippen molar-refractivity contribution in [1.29, 1.82) is 0 Å². The molecule has 2 aromatic carbocycles. The third-order valence-electron chi connectivity index (χ3n) is 5.87. The van der Waals surface area contributed by atoms with E-state index in [-0.39, 0.29) is 17.8 Å². The summed E-state index contributed by atoms with van der Waals surface area (Å²) in [7, 11) is 1.63. The Morgan fingerprint density at radius 3 is 2.38 bits per heavy atom. The van der Waals surface area contributed by atoms with Crippen molar-refractivity contribution in [2.45, 2.75) is 12.1 Å². The van der Waals surface area contributed by atoms with Crippen LogP contribution >= 0.6 is 12.2 Å². The van der Waals surface area contributed by atoms with Gasteiger partial charge in [0.15, 0.2) is 5.11 Å². The van der Waals surface area contributed by atoms with Crippen LogP contribution in [0.5, 0.6) is 5.75 Å². The lowest BCUT2D eigenvalue weighted by molar-refractivity contribution is -0.384. The Labute approximate surface area is 201 Å². The zero-order valence-corrected chi connectivity index (χ0v) is 19.1. The fourth-order valence-electron chi connectivity index (χ4n) is 4.28. The highest BCUT2D eigenvalue weighted by atomic mass is 32.1. The first-order chi connectivity index (χ1) is 16.6. The van der Waals surface area contributed by atoms with Gasteiger partial charge in [-0.05, 0) is 72.9 Å². The van der Waals surface area contributed by atoms with Crippen molar-refractivity contribution >= 4 is 28.7 Å². The number of hydrogen-bond donors (Lipinski definition) is 1. The maximum Gasteiger partial charge on any atom is 0.269 e.